The Balaban J connectivity index is 2.39. The number of hydrogen-bond acceptors (Lipinski definition) is 4. The Bertz CT molecular complexity index is 647. The van der Waals surface area contributed by atoms with Crippen LogP contribution in [0, 0.1) is 0 Å². The minimum absolute atomic E-state index is 0.110. The Labute approximate surface area is 101 Å². The van der Waals surface area contributed by atoms with E-state index in [2.05, 4.69) is 9.97 Å². The Morgan fingerprint density at radius 1 is 1.44 bits per heavy atom. The van der Waals surface area contributed by atoms with Gasteiger partial charge in [0.05, 0.1) is 6.16 Å². The van der Waals surface area contributed by atoms with Crippen molar-refractivity contribution in [2.45, 2.75) is 6.42 Å². The monoisotopic (exact) mass is 271 g/mol. The van der Waals surface area contributed by atoms with Crippen molar-refractivity contribution in [1.82, 2.24) is 14.4 Å². The minimum atomic E-state index is -4.09. The molecule has 0 aliphatic carbocycles. The molecule has 2 rings (SSSR count). The van der Waals surface area contributed by atoms with Gasteiger partial charge in [0, 0.05) is 18.1 Å². The third-order valence-corrected chi connectivity index (χ3v) is 3.14. The van der Waals surface area contributed by atoms with Crippen molar-refractivity contribution < 1.29 is 24.3 Å². The normalized spacial score (nSPS) is 11.9. The fraction of sp³-hybridized carbons (Fsp3) is 0.222. The van der Waals surface area contributed by atoms with Crippen molar-refractivity contribution in [2.75, 3.05) is 6.16 Å². The highest BCUT2D eigenvalue weighted by molar-refractivity contribution is 7.51. The molecule has 18 heavy (non-hydrogen) atoms. The summed E-state index contributed by atoms with van der Waals surface area (Å²) in [6.07, 6.45) is 2.49. The molecule has 8 nitrogen and oxygen atoms in total. The third-order valence-electron chi connectivity index (χ3n) is 2.33. The van der Waals surface area contributed by atoms with Gasteiger partial charge in [0.25, 0.3) is 0 Å². The molecule has 0 bridgehead atoms. The van der Waals surface area contributed by atoms with Crippen LogP contribution in [0.5, 0.6) is 0 Å². The molecule has 0 saturated heterocycles. The van der Waals surface area contributed by atoms with Crippen LogP contribution < -0.4 is 0 Å². The topological polar surface area (TPSA) is 125 Å². The van der Waals surface area contributed by atoms with Crippen LogP contribution in [0.25, 0.3) is 5.78 Å². The summed E-state index contributed by atoms with van der Waals surface area (Å²) in [5, 5.41) is 8.81. The summed E-state index contributed by atoms with van der Waals surface area (Å²) in [5.74, 6) is -0.989. The van der Waals surface area contributed by atoms with E-state index < -0.39 is 13.6 Å². The van der Waals surface area contributed by atoms with E-state index in [1.165, 1.54) is 16.8 Å². The van der Waals surface area contributed by atoms with E-state index in [1.807, 2.05) is 0 Å². The molecule has 96 valence electrons. The highest BCUT2D eigenvalue weighted by atomic mass is 31.2. The molecule has 0 aliphatic rings. The summed E-state index contributed by atoms with van der Waals surface area (Å²) in [6.45, 7) is 0. The molecule has 3 N–H and O–H groups in total. The molecule has 0 saturated carbocycles. The summed E-state index contributed by atoms with van der Waals surface area (Å²) in [5.41, 5.74) is 0.384. The predicted molar refractivity (Wildman–Crippen MR) is 60.6 cm³/mol. The molecule has 0 spiro atoms. The van der Waals surface area contributed by atoms with Crippen molar-refractivity contribution >= 4 is 19.3 Å². The number of aryl methyl sites for hydroxylation is 1. The Morgan fingerprint density at radius 3 is 2.78 bits per heavy atom. The van der Waals surface area contributed by atoms with Gasteiger partial charge < -0.3 is 14.9 Å². The standard InChI is InChI=1S/C9H10N3O5P/c13-8(14)7-5-12-6(2-4-18(15,16)17)1-3-10-9(12)11-7/h1,3,5H,2,4H2,(H,13,14)(H2,15,16,17). The van der Waals surface area contributed by atoms with Crippen LogP contribution in [-0.2, 0) is 11.0 Å². The van der Waals surface area contributed by atoms with Crippen molar-refractivity contribution in [1.29, 1.82) is 0 Å². The molecular formula is C9H10N3O5P. The zero-order chi connectivity index (χ0) is 13.3. The second kappa shape index (κ2) is 4.49. The van der Waals surface area contributed by atoms with Gasteiger partial charge in [-0.05, 0) is 12.5 Å². The summed E-state index contributed by atoms with van der Waals surface area (Å²) in [7, 11) is -4.09. The first-order valence-electron chi connectivity index (χ1n) is 4.98. The fourth-order valence-electron chi connectivity index (χ4n) is 1.51. The number of carboxylic acids is 1. The van der Waals surface area contributed by atoms with Crippen LogP contribution in [0.3, 0.4) is 0 Å². The number of imidazole rings is 1. The lowest BCUT2D eigenvalue weighted by Gasteiger charge is -2.05. The van der Waals surface area contributed by atoms with Gasteiger partial charge in [-0.2, -0.15) is 0 Å². The van der Waals surface area contributed by atoms with E-state index >= 15 is 0 Å². The SMILES string of the molecule is O=C(O)c1cn2c(CCP(=O)(O)O)ccnc2n1. The average molecular weight is 271 g/mol. The highest BCUT2D eigenvalue weighted by Gasteiger charge is 2.16. The number of aromatic carboxylic acids is 1. The maximum Gasteiger partial charge on any atom is 0.356 e. The first kappa shape index (κ1) is 12.7. The van der Waals surface area contributed by atoms with Gasteiger partial charge in [0.1, 0.15) is 0 Å². The number of fused-ring (bicyclic) bond motifs is 1. The molecule has 0 aromatic carbocycles. The number of carboxylic acid groups (broad SMARTS) is 1. The number of hydrogen-bond donors (Lipinski definition) is 3. The maximum absolute atomic E-state index is 10.8. The summed E-state index contributed by atoms with van der Waals surface area (Å²) in [6, 6.07) is 1.57. The lowest BCUT2D eigenvalue weighted by molar-refractivity contribution is 0.0691. The molecule has 0 fully saturated rings. The Hall–Kier alpha value is -1.76. The van der Waals surface area contributed by atoms with Crippen LogP contribution >= 0.6 is 7.60 Å². The van der Waals surface area contributed by atoms with Gasteiger partial charge in [0.2, 0.25) is 5.78 Å². The van der Waals surface area contributed by atoms with E-state index in [1.54, 1.807) is 6.07 Å². The summed E-state index contributed by atoms with van der Waals surface area (Å²) in [4.78, 5) is 36.1. The van der Waals surface area contributed by atoms with Gasteiger partial charge in [-0.3, -0.25) is 8.97 Å². The van der Waals surface area contributed by atoms with Gasteiger partial charge in [-0.1, -0.05) is 0 Å². The van der Waals surface area contributed by atoms with Gasteiger partial charge >= 0.3 is 13.6 Å². The van der Waals surface area contributed by atoms with E-state index in [0.29, 0.717) is 5.69 Å². The molecule has 0 aliphatic heterocycles. The number of rotatable bonds is 4. The molecule has 9 heteroatoms. The van der Waals surface area contributed by atoms with Gasteiger partial charge in [-0.25, -0.2) is 14.8 Å². The largest absolute Gasteiger partial charge is 0.476 e. The third kappa shape index (κ3) is 2.73. The van der Waals surface area contributed by atoms with Crippen LogP contribution in [0.4, 0.5) is 0 Å². The van der Waals surface area contributed by atoms with Gasteiger partial charge in [-0.15, -0.1) is 0 Å². The Kier molecular flexibility index (Phi) is 3.16. The van der Waals surface area contributed by atoms with Crippen LogP contribution in [0.15, 0.2) is 18.5 Å². The van der Waals surface area contributed by atoms with E-state index in [4.69, 9.17) is 14.9 Å². The number of carbonyl (C=O) groups is 1. The molecule has 2 heterocycles. The lowest BCUT2D eigenvalue weighted by atomic mass is 10.3. The number of nitrogens with zero attached hydrogens (tertiary/aromatic N) is 3. The molecule has 0 unspecified atom stereocenters. The second-order valence-corrected chi connectivity index (χ2v) is 5.45. The molecule has 0 atom stereocenters. The number of aromatic nitrogens is 3. The fourth-order valence-corrected chi connectivity index (χ4v) is 2.03. The first-order valence-corrected chi connectivity index (χ1v) is 6.77. The molecular weight excluding hydrogens is 261 g/mol. The summed E-state index contributed by atoms with van der Waals surface area (Å²) < 4.78 is 12.2. The van der Waals surface area contributed by atoms with Crippen molar-refractivity contribution in [3.63, 3.8) is 0 Å². The molecule has 2 aromatic rings. The zero-order valence-electron chi connectivity index (χ0n) is 9.09. The van der Waals surface area contributed by atoms with Crippen molar-refractivity contribution in [3.8, 4) is 0 Å². The van der Waals surface area contributed by atoms with Gasteiger partial charge in [0.15, 0.2) is 5.69 Å². The zero-order valence-corrected chi connectivity index (χ0v) is 9.99. The first-order chi connectivity index (χ1) is 8.37. The van der Waals surface area contributed by atoms with Crippen molar-refractivity contribution in [2.24, 2.45) is 0 Å². The van der Waals surface area contributed by atoms with Crippen LogP contribution in [-0.4, -0.2) is 41.4 Å². The minimum Gasteiger partial charge on any atom is -0.476 e. The average Bonchev–Trinajstić information content (AvgIpc) is 2.69. The predicted octanol–water partition coefficient (Wildman–Crippen LogP) is 0.148. The molecule has 2 aromatic heterocycles. The van der Waals surface area contributed by atoms with E-state index in [0.717, 1.165) is 0 Å². The molecule has 0 radical (unpaired) electrons. The lowest BCUT2D eigenvalue weighted by Crippen LogP contribution is -2.01. The summed E-state index contributed by atoms with van der Waals surface area (Å²) >= 11 is 0. The van der Waals surface area contributed by atoms with Crippen LogP contribution in [0.2, 0.25) is 0 Å². The van der Waals surface area contributed by atoms with Crippen LogP contribution in [0.1, 0.15) is 16.2 Å². The van der Waals surface area contributed by atoms with E-state index in [9.17, 15) is 9.36 Å². The molecule has 0 amide bonds. The second-order valence-electron chi connectivity index (χ2n) is 3.68. The van der Waals surface area contributed by atoms with Crippen molar-refractivity contribution in [3.05, 3.63) is 29.8 Å². The Morgan fingerprint density at radius 2 is 2.17 bits per heavy atom. The smallest absolute Gasteiger partial charge is 0.356 e. The highest BCUT2D eigenvalue weighted by Crippen LogP contribution is 2.34. The van der Waals surface area contributed by atoms with E-state index in [-0.39, 0.29) is 24.1 Å². The maximum atomic E-state index is 10.8. The quantitative estimate of drug-likeness (QED) is 0.675.